The topological polar surface area (TPSA) is 3.24 Å². The second-order valence-electron chi connectivity index (χ2n) is 2.06. The van der Waals surface area contributed by atoms with Crippen molar-refractivity contribution in [3.63, 3.8) is 0 Å². The molecule has 0 amide bonds. The van der Waals surface area contributed by atoms with Crippen LogP contribution in [0.15, 0.2) is 0 Å². The van der Waals surface area contributed by atoms with Crippen molar-refractivity contribution >= 4 is 23.0 Å². The maximum absolute atomic E-state index is 2.39. The molecular formula is C4H12NTl. The molecule has 0 aromatic rings. The van der Waals surface area contributed by atoms with Crippen molar-refractivity contribution in [1.82, 2.24) is 2.71 Å². The molecule has 0 aliphatic carbocycles. The van der Waals surface area contributed by atoms with Gasteiger partial charge in [-0.2, -0.15) is 0 Å². The second-order valence-corrected chi connectivity index (χ2v) is 14.6. The minimum absolute atomic E-state index is 1.07. The van der Waals surface area contributed by atoms with Crippen LogP contribution in [-0.4, -0.2) is 39.8 Å². The van der Waals surface area contributed by atoms with Gasteiger partial charge in [-0.05, 0) is 0 Å². The molecule has 0 aromatic heterocycles. The zero-order chi connectivity index (χ0) is 5.15. The van der Waals surface area contributed by atoms with Crippen LogP contribution in [0.3, 0.4) is 0 Å². The molecule has 0 aliphatic rings. The van der Waals surface area contributed by atoms with Crippen LogP contribution < -0.4 is 0 Å². The molecule has 0 heterocycles. The van der Waals surface area contributed by atoms with Crippen molar-refractivity contribution in [2.75, 3.05) is 14.1 Å². The normalized spacial score (nSPS) is 9.50. The predicted molar refractivity (Wildman–Crippen MR) is 31.2 cm³/mol. The van der Waals surface area contributed by atoms with E-state index in [1.165, 1.54) is 0 Å². The summed E-state index contributed by atoms with van der Waals surface area (Å²) in [5.74, 6) is 0. The number of rotatable bonds is 1. The van der Waals surface area contributed by atoms with Crippen molar-refractivity contribution in [3.05, 3.63) is 0 Å². The van der Waals surface area contributed by atoms with Crippen LogP contribution in [0.5, 0.6) is 0 Å². The zero-order valence-corrected chi connectivity index (χ0v) is 9.51. The molecule has 0 aromatic carbocycles. The van der Waals surface area contributed by atoms with E-state index in [2.05, 4.69) is 25.8 Å². The quantitative estimate of drug-likeness (QED) is 0.641. The Bertz CT molecular complexity index is 28.5. The van der Waals surface area contributed by atoms with Gasteiger partial charge in [0.25, 0.3) is 0 Å². The fraction of sp³-hybridized carbons (Fsp3) is 1.00. The van der Waals surface area contributed by atoms with Gasteiger partial charge < -0.3 is 0 Å². The molecule has 2 heteroatoms. The maximum atomic E-state index is 2.39. The third kappa shape index (κ3) is 3.09. The monoisotopic (exact) mass is 279 g/mol. The van der Waals surface area contributed by atoms with E-state index in [1.807, 2.05) is 0 Å². The molecule has 0 saturated heterocycles. The van der Waals surface area contributed by atoms with Crippen LogP contribution in [-0.2, 0) is 0 Å². The number of hydrogen-bond donors (Lipinski definition) is 0. The fourth-order valence-corrected chi connectivity index (χ4v) is 0. The van der Waals surface area contributed by atoms with Crippen LogP contribution in [0.25, 0.3) is 0 Å². The summed E-state index contributed by atoms with van der Waals surface area (Å²) in [5.41, 5.74) is 0. The SMILES string of the molecule is C[N](C)[Tl]([CH3])[CH3]. The fourth-order valence-electron chi connectivity index (χ4n) is 0. The molecule has 6 heavy (non-hydrogen) atoms. The molecule has 0 radical (unpaired) electrons. The summed E-state index contributed by atoms with van der Waals surface area (Å²) >= 11 is -1.07. The van der Waals surface area contributed by atoms with E-state index in [4.69, 9.17) is 0 Å². The van der Waals surface area contributed by atoms with E-state index in [-0.39, 0.29) is 0 Å². The average molecular weight is 279 g/mol. The third-order valence-corrected chi connectivity index (χ3v) is 9.06. The Hall–Kier alpha value is 0.882. The van der Waals surface area contributed by atoms with Gasteiger partial charge in [0.2, 0.25) is 0 Å². The van der Waals surface area contributed by atoms with Crippen molar-refractivity contribution in [1.29, 1.82) is 0 Å². The number of hydrogen-bond acceptors (Lipinski definition) is 1. The van der Waals surface area contributed by atoms with Crippen LogP contribution in [0.2, 0.25) is 8.97 Å². The molecular weight excluding hydrogens is 266 g/mol. The van der Waals surface area contributed by atoms with Crippen LogP contribution in [0.1, 0.15) is 0 Å². The summed E-state index contributed by atoms with van der Waals surface area (Å²) in [6.45, 7) is 0. The van der Waals surface area contributed by atoms with Crippen LogP contribution in [0, 0.1) is 0 Å². The van der Waals surface area contributed by atoms with E-state index in [0.717, 1.165) is 0 Å². The van der Waals surface area contributed by atoms with Crippen molar-refractivity contribution in [3.8, 4) is 0 Å². The first-order valence-corrected chi connectivity index (χ1v) is 13.3. The van der Waals surface area contributed by atoms with E-state index in [0.29, 0.717) is 0 Å². The molecule has 0 unspecified atom stereocenters. The molecule has 0 atom stereocenters. The molecule has 0 bridgehead atoms. The Kier molecular flexibility index (Phi) is 3.40. The van der Waals surface area contributed by atoms with E-state index in [9.17, 15) is 0 Å². The van der Waals surface area contributed by atoms with Crippen molar-refractivity contribution < 1.29 is 0 Å². The summed E-state index contributed by atoms with van der Waals surface area (Å²) in [6, 6.07) is 0. The van der Waals surface area contributed by atoms with Gasteiger partial charge in [-0.15, -0.1) is 0 Å². The Morgan fingerprint density at radius 3 is 1.33 bits per heavy atom. The van der Waals surface area contributed by atoms with Gasteiger partial charge in [-0.3, -0.25) is 0 Å². The Morgan fingerprint density at radius 1 is 1.17 bits per heavy atom. The predicted octanol–water partition coefficient (Wildman–Crippen LogP) is 0.799. The van der Waals surface area contributed by atoms with E-state index >= 15 is 0 Å². The summed E-state index contributed by atoms with van der Waals surface area (Å²) in [7, 11) is 4.35. The van der Waals surface area contributed by atoms with Gasteiger partial charge in [0.15, 0.2) is 0 Å². The first-order valence-electron chi connectivity index (χ1n) is 2.31. The molecule has 36 valence electrons. The van der Waals surface area contributed by atoms with Crippen molar-refractivity contribution in [2.24, 2.45) is 0 Å². The van der Waals surface area contributed by atoms with E-state index in [1.54, 1.807) is 0 Å². The third-order valence-electron chi connectivity index (χ3n) is 1.03. The van der Waals surface area contributed by atoms with Gasteiger partial charge in [-0.25, -0.2) is 0 Å². The first kappa shape index (κ1) is 6.88. The Morgan fingerprint density at radius 2 is 1.33 bits per heavy atom. The zero-order valence-electron chi connectivity index (χ0n) is 5.02. The molecule has 0 rings (SSSR count). The van der Waals surface area contributed by atoms with Gasteiger partial charge >= 0.3 is 48.8 Å². The second kappa shape index (κ2) is 2.96. The number of nitrogens with zero attached hydrogens (tertiary/aromatic N) is 1. The van der Waals surface area contributed by atoms with Gasteiger partial charge in [0, 0.05) is 0 Å². The average Bonchev–Trinajstić information content (AvgIpc) is 1.36. The standard InChI is InChI=1S/C2H6N.2CH3.Tl/c1-3-2;;;/h1-2H3;2*1H3;/q-1;;;+1. The molecule has 1 nitrogen and oxygen atoms in total. The summed E-state index contributed by atoms with van der Waals surface area (Å²) in [5, 5.41) is 0. The van der Waals surface area contributed by atoms with Gasteiger partial charge in [0.1, 0.15) is 0 Å². The Balaban J connectivity index is 2.99. The van der Waals surface area contributed by atoms with Crippen molar-refractivity contribution in [2.45, 2.75) is 8.97 Å². The minimum atomic E-state index is -1.07. The van der Waals surface area contributed by atoms with Gasteiger partial charge in [0.05, 0.1) is 0 Å². The summed E-state index contributed by atoms with van der Waals surface area (Å²) < 4.78 is 7.17. The Labute approximate surface area is 48.9 Å². The van der Waals surface area contributed by atoms with Crippen LogP contribution >= 0.6 is 0 Å². The molecule has 0 aliphatic heterocycles. The van der Waals surface area contributed by atoms with E-state index < -0.39 is 23.0 Å². The first-order chi connectivity index (χ1) is 2.64. The molecule has 0 fully saturated rings. The molecule has 0 spiro atoms. The summed E-state index contributed by atoms with van der Waals surface area (Å²) in [6.07, 6.45) is 0. The summed E-state index contributed by atoms with van der Waals surface area (Å²) in [4.78, 5) is 0. The van der Waals surface area contributed by atoms with Crippen LogP contribution in [0.4, 0.5) is 0 Å². The molecule has 0 N–H and O–H groups in total. The molecule has 0 saturated carbocycles. The van der Waals surface area contributed by atoms with Gasteiger partial charge in [-0.1, -0.05) is 0 Å².